The van der Waals surface area contributed by atoms with Crippen LogP contribution >= 0.6 is 0 Å². The molecule has 4 nitrogen and oxygen atoms in total. The molecule has 0 saturated carbocycles. The third-order valence-corrected chi connectivity index (χ3v) is 9.47. The molecule has 1 aliphatic carbocycles. The van der Waals surface area contributed by atoms with Gasteiger partial charge in [0.25, 0.3) is 0 Å². The smallest absolute Gasteiger partial charge is 0.162 e. The van der Waals surface area contributed by atoms with E-state index < -0.39 is 5.66 Å². The van der Waals surface area contributed by atoms with Gasteiger partial charge in [-0.15, -0.1) is 0 Å². The Morgan fingerprint density at radius 3 is 1.16 bits per heavy atom. The number of benzene rings is 6. The van der Waals surface area contributed by atoms with E-state index in [9.17, 15) is 0 Å². The lowest BCUT2D eigenvalue weighted by Crippen LogP contribution is -2.43. The molecule has 4 heteroatoms. The number of anilines is 6. The zero-order valence-electron chi connectivity index (χ0n) is 29.4. The topological polar surface area (TPSA) is 48.1 Å². The van der Waals surface area contributed by atoms with Gasteiger partial charge in [-0.1, -0.05) is 139 Å². The first-order valence-electron chi connectivity index (χ1n) is 17.2. The summed E-state index contributed by atoms with van der Waals surface area (Å²) in [6.45, 7) is 13.5. The fraction of sp³-hybridized carbons (Fsp3) is 0.200. The van der Waals surface area contributed by atoms with Crippen LogP contribution in [0, 0.1) is 0 Å². The quantitative estimate of drug-likeness (QED) is 0.125. The molecule has 0 fully saturated rings. The van der Waals surface area contributed by atoms with Crippen molar-refractivity contribution in [3.8, 4) is 11.1 Å². The van der Waals surface area contributed by atoms with Crippen molar-refractivity contribution in [2.75, 3.05) is 21.3 Å². The highest BCUT2D eigenvalue weighted by Crippen LogP contribution is 2.50. The third-order valence-electron chi connectivity index (χ3n) is 9.47. The standard InChI is InChI=1S/C45H46N4/c1-43(2,3)31-17-15-19-33(29-31)46-39-25-11-13-27-41(39)48-45(37-23-9-7-21-35(37)36-22-8-10-24-38(36)45)49-42-28-14-12-26-40(42)47-34-20-16-18-32(30-34)44(4,5)6/h7-30,46-49H,1-6H3. The van der Waals surface area contributed by atoms with Crippen LogP contribution in [0.5, 0.6) is 0 Å². The molecule has 0 spiro atoms. The van der Waals surface area contributed by atoms with Crippen molar-refractivity contribution in [1.29, 1.82) is 0 Å². The molecule has 0 radical (unpaired) electrons. The SMILES string of the molecule is CC(C)(C)c1cccc(Nc2ccccc2NC2(Nc3ccccc3Nc3cccc(C(C)(C)C)c3)c3ccccc3-c3ccccc32)c1. The Morgan fingerprint density at radius 2 is 0.755 bits per heavy atom. The van der Waals surface area contributed by atoms with Gasteiger partial charge in [0.15, 0.2) is 5.66 Å². The summed E-state index contributed by atoms with van der Waals surface area (Å²) in [7, 11) is 0. The van der Waals surface area contributed by atoms with Crippen LogP contribution in [0.25, 0.3) is 11.1 Å². The molecule has 0 unspecified atom stereocenters. The molecule has 0 aromatic heterocycles. The maximum absolute atomic E-state index is 4.07. The van der Waals surface area contributed by atoms with E-state index in [1.807, 2.05) is 0 Å². The Morgan fingerprint density at radius 1 is 0.388 bits per heavy atom. The van der Waals surface area contributed by atoms with Gasteiger partial charge in [0.1, 0.15) is 0 Å². The second-order valence-electron chi connectivity index (χ2n) is 15.1. The summed E-state index contributed by atoms with van der Waals surface area (Å²) >= 11 is 0. The Hall–Kier alpha value is -5.48. The minimum atomic E-state index is -0.775. The molecule has 0 heterocycles. The Bertz CT molecular complexity index is 1960. The maximum Gasteiger partial charge on any atom is 0.162 e. The van der Waals surface area contributed by atoms with Gasteiger partial charge in [-0.05, 0) is 81.6 Å². The molecule has 0 saturated heterocycles. The third kappa shape index (κ3) is 6.39. The molecular formula is C45H46N4. The second kappa shape index (κ2) is 12.5. The van der Waals surface area contributed by atoms with Gasteiger partial charge in [-0.25, -0.2) is 0 Å². The highest BCUT2D eigenvalue weighted by atomic mass is 15.2. The molecule has 0 atom stereocenters. The van der Waals surface area contributed by atoms with E-state index in [4.69, 9.17) is 0 Å². The van der Waals surface area contributed by atoms with E-state index >= 15 is 0 Å². The minimum absolute atomic E-state index is 0.0518. The van der Waals surface area contributed by atoms with Crippen molar-refractivity contribution in [3.05, 3.63) is 168 Å². The zero-order valence-corrected chi connectivity index (χ0v) is 29.4. The van der Waals surface area contributed by atoms with E-state index in [1.54, 1.807) is 0 Å². The average Bonchev–Trinajstić information content (AvgIpc) is 3.35. The number of nitrogens with one attached hydrogen (secondary N) is 4. The molecule has 4 N–H and O–H groups in total. The fourth-order valence-electron chi connectivity index (χ4n) is 6.78. The highest BCUT2D eigenvalue weighted by molar-refractivity contribution is 5.88. The Kier molecular flexibility index (Phi) is 8.20. The second-order valence-corrected chi connectivity index (χ2v) is 15.1. The number of fused-ring (bicyclic) bond motifs is 3. The van der Waals surface area contributed by atoms with E-state index in [2.05, 4.69) is 208 Å². The largest absolute Gasteiger partial charge is 0.354 e. The molecule has 0 aliphatic heterocycles. The maximum atomic E-state index is 4.07. The van der Waals surface area contributed by atoms with Crippen molar-refractivity contribution in [1.82, 2.24) is 0 Å². The number of hydrogen-bond donors (Lipinski definition) is 4. The van der Waals surface area contributed by atoms with E-state index in [-0.39, 0.29) is 10.8 Å². The van der Waals surface area contributed by atoms with Gasteiger partial charge in [-0.3, -0.25) is 0 Å². The Balaban J connectivity index is 1.33. The van der Waals surface area contributed by atoms with Crippen LogP contribution in [-0.2, 0) is 16.5 Å². The Labute approximate surface area is 291 Å². The van der Waals surface area contributed by atoms with Crippen LogP contribution in [0.4, 0.5) is 34.1 Å². The van der Waals surface area contributed by atoms with Crippen molar-refractivity contribution in [2.24, 2.45) is 0 Å². The predicted molar refractivity (Wildman–Crippen MR) is 210 cm³/mol. The van der Waals surface area contributed by atoms with E-state index in [0.717, 1.165) is 34.1 Å². The molecule has 246 valence electrons. The molecule has 6 aromatic rings. The highest BCUT2D eigenvalue weighted by Gasteiger charge is 2.44. The van der Waals surface area contributed by atoms with Gasteiger partial charge in [0.05, 0.1) is 22.7 Å². The van der Waals surface area contributed by atoms with E-state index in [0.29, 0.717) is 0 Å². The molecule has 1 aliphatic rings. The lowest BCUT2D eigenvalue weighted by atomic mass is 9.87. The van der Waals surface area contributed by atoms with Crippen LogP contribution < -0.4 is 21.3 Å². The summed E-state index contributed by atoms with van der Waals surface area (Å²) < 4.78 is 0. The summed E-state index contributed by atoms with van der Waals surface area (Å²) in [4.78, 5) is 0. The monoisotopic (exact) mass is 642 g/mol. The lowest BCUT2D eigenvalue weighted by molar-refractivity contribution is 0.590. The van der Waals surface area contributed by atoms with Gasteiger partial charge in [-0.2, -0.15) is 0 Å². The van der Waals surface area contributed by atoms with E-state index in [1.165, 1.54) is 33.4 Å². The lowest BCUT2D eigenvalue weighted by Gasteiger charge is -2.37. The number of hydrogen-bond acceptors (Lipinski definition) is 4. The van der Waals surface area contributed by atoms with Gasteiger partial charge in [0, 0.05) is 22.5 Å². The average molecular weight is 643 g/mol. The van der Waals surface area contributed by atoms with Gasteiger partial charge >= 0.3 is 0 Å². The summed E-state index contributed by atoms with van der Waals surface area (Å²) in [5.41, 5.74) is 12.8. The molecule has 0 amide bonds. The van der Waals surface area contributed by atoms with Crippen molar-refractivity contribution < 1.29 is 0 Å². The van der Waals surface area contributed by atoms with Crippen LogP contribution in [0.1, 0.15) is 63.8 Å². The minimum Gasteiger partial charge on any atom is -0.354 e. The number of rotatable bonds is 8. The molecule has 6 aromatic carbocycles. The zero-order chi connectivity index (χ0) is 34.2. The summed E-state index contributed by atoms with van der Waals surface area (Å²) in [6.07, 6.45) is 0. The first kappa shape index (κ1) is 32.1. The van der Waals surface area contributed by atoms with Gasteiger partial charge in [0.2, 0.25) is 0 Å². The normalized spacial score (nSPS) is 13.3. The van der Waals surface area contributed by atoms with Crippen molar-refractivity contribution >= 4 is 34.1 Å². The molecule has 49 heavy (non-hydrogen) atoms. The van der Waals surface area contributed by atoms with Crippen LogP contribution in [-0.4, -0.2) is 0 Å². The molecule has 0 bridgehead atoms. The van der Waals surface area contributed by atoms with Crippen LogP contribution in [0.15, 0.2) is 146 Å². The van der Waals surface area contributed by atoms with Gasteiger partial charge < -0.3 is 21.3 Å². The van der Waals surface area contributed by atoms with Crippen LogP contribution in [0.2, 0.25) is 0 Å². The predicted octanol–water partition coefficient (Wildman–Crippen LogP) is 12.2. The summed E-state index contributed by atoms with van der Waals surface area (Å²) in [6, 6.07) is 51.8. The fourth-order valence-corrected chi connectivity index (χ4v) is 6.78. The number of para-hydroxylation sites is 4. The first-order chi connectivity index (χ1) is 23.5. The molecular weight excluding hydrogens is 597 g/mol. The molecule has 7 rings (SSSR count). The summed E-state index contributed by atoms with van der Waals surface area (Å²) in [5, 5.41) is 15.6. The first-order valence-corrected chi connectivity index (χ1v) is 17.2. The van der Waals surface area contributed by atoms with Crippen LogP contribution in [0.3, 0.4) is 0 Å². The summed E-state index contributed by atoms with van der Waals surface area (Å²) in [5.74, 6) is 0. The van der Waals surface area contributed by atoms with Crippen molar-refractivity contribution in [3.63, 3.8) is 0 Å². The van der Waals surface area contributed by atoms with Crippen molar-refractivity contribution in [2.45, 2.75) is 58.0 Å².